The Morgan fingerprint density at radius 1 is 1.35 bits per heavy atom. The molecule has 1 aromatic rings. The van der Waals surface area contributed by atoms with Crippen molar-refractivity contribution in [3.8, 4) is 0 Å². The first-order valence-electron chi connectivity index (χ1n) is 7.32. The molecule has 3 heteroatoms. The molecule has 0 unspecified atom stereocenters. The lowest BCUT2D eigenvalue weighted by Gasteiger charge is -2.47. The lowest BCUT2D eigenvalue weighted by molar-refractivity contribution is -0.144. The third kappa shape index (κ3) is 2.05. The van der Waals surface area contributed by atoms with Gasteiger partial charge in [-0.2, -0.15) is 0 Å². The molecule has 3 nitrogen and oxygen atoms in total. The van der Waals surface area contributed by atoms with Gasteiger partial charge in [-0.05, 0) is 36.3 Å². The second kappa shape index (κ2) is 5.04. The SMILES string of the molecule is COC(=O)C[C@]12CCC(=O)C[C@H]1CCc1ccccc12. The van der Waals surface area contributed by atoms with Gasteiger partial charge in [0.15, 0.2) is 0 Å². The van der Waals surface area contributed by atoms with E-state index in [1.165, 1.54) is 18.2 Å². The average molecular weight is 272 g/mol. The summed E-state index contributed by atoms with van der Waals surface area (Å²) >= 11 is 0. The highest BCUT2D eigenvalue weighted by Crippen LogP contribution is 2.51. The Kier molecular flexibility index (Phi) is 3.36. The fourth-order valence-electron chi connectivity index (χ4n) is 4.08. The van der Waals surface area contributed by atoms with Gasteiger partial charge in [0.2, 0.25) is 0 Å². The minimum atomic E-state index is -0.185. The molecule has 2 aliphatic rings. The van der Waals surface area contributed by atoms with Crippen LogP contribution < -0.4 is 0 Å². The summed E-state index contributed by atoms with van der Waals surface area (Å²) in [4.78, 5) is 23.7. The number of ether oxygens (including phenoxy) is 1. The van der Waals surface area contributed by atoms with E-state index in [1.54, 1.807) is 0 Å². The van der Waals surface area contributed by atoms with Crippen LogP contribution in [0.3, 0.4) is 0 Å². The maximum absolute atomic E-state index is 11.9. The zero-order chi connectivity index (χ0) is 14.2. The predicted octanol–water partition coefficient (Wildman–Crippen LogP) is 2.80. The molecule has 0 saturated heterocycles. The molecule has 1 aromatic carbocycles. The fraction of sp³-hybridized carbons (Fsp3) is 0.529. The number of benzene rings is 1. The van der Waals surface area contributed by atoms with E-state index in [0.717, 1.165) is 19.3 Å². The van der Waals surface area contributed by atoms with Crippen LogP contribution >= 0.6 is 0 Å². The van der Waals surface area contributed by atoms with Crippen LogP contribution in [0.15, 0.2) is 24.3 Å². The van der Waals surface area contributed by atoms with Crippen molar-refractivity contribution in [2.45, 2.75) is 43.9 Å². The van der Waals surface area contributed by atoms with Crippen molar-refractivity contribution < 1.29 is 14.3 Å². The first-order valence-corrected chi connectivity index (χ1v) is 7.32. The molecule has 0 heterocycles. The summed E-state index contributed by atoms with van der Waals surface area (Å²) in [6.07, 6.45) is 4.39. The Morgan fingerprint density at radius 2 is 2.15 bits per heavy atom. The topological polar surface area (TPSA) is 43.4 Å². The quantitative estimate of drug-likeness (QED) is 0.778. The molecule has 3 rings (SSSR count). The van der Waals surface area contributed by atoms with Crippen LogP contribution in [0, 0.1) is 5.92 Å². The lowest BCUT2D eigenvalue weighted by atomic mass is 9.55. The van der Waals surface area contributed by atoms with Crippen LogP contribution in [0.1, 0.15) is 43.2 Å². The summed E-state index contributed by atoms with van der Waals surface area (Å²) in [7, 11) is 1.44. The van der Waals surface area contributed by atoms with E-state index in [0.29, 0.717) is 25.0 Å². The second-order valence-electron chi connectivity index (χ2n) is 6.04. The molecule has 0 aromatic heterocycles. The van der Waals surface area contributed by atoms with Gasteiger partial charge in [0, 0.05) is 18.3 Å². The van der Waals surface area contributed by atoms with Crippen LogP contribution in [0.5, 0.6) is 0 Å². The predicted molar refractivity (Wildman–Crippen MR) is 75.4 cm³/mol. The van der Waals surface area contributed by atoms with Gasteiger partial charge in [-0.25, -0.2) is 0 Å². The van der Waals surface area contributed by atoms with Crippen LogP contribution in [0.4, 0.5) is 0 Å². The number of fused-ring (bicyclic) bond motifs is 3. The zero-order valence-electron chi connectivity index (χ0n) is 11.9. The van der Waals surface area contributed by atoms with Crippen LogP contribution in [0.25, 0.3) is 0 Å². The van der Waals surface area contributed by atoms with Gasteiger partial charge < -0.3 is 4.74 Å². The summed E-state index contributed by atoms with van der Waals surface area (Å²) < 4.78 is 4.91. The molecule has 0 radical (unpaired) electrons. The number of hydrogen-bond donors (Lipinski definition) is 0. The highest BCUT2D eigenvalue weighted by Gasteiger charge is 2.48. The molecule has 106 valence electrons. The lowest BCUT2D eigenvalue weighted by Crippen LogP contribution is -2.45. The van der Waals surface area contributed by atoms with E-state index < -0.39 is 0 Å². The summed E-state index contributed by atoms with van der Waals surface area (Å²) in [6.45, 7) is 0. The molecule has 2 atom stereocenters. The van der Waals surface area contributed by atoms with E-state index in [-0.39, 0.29) is 17.3 Å². The number of Topliss-reactive ketones (excluding diaryl/α,β-unsaturated/α-hetero) is 1. The summed E-state index contributed by atoms with van der Waals surface area (Å²) in [6, 6.07) is 8.39. The van der Waals surface area contributed by atoms with Crippen molar-refractivity contribution in [3.63, 3.8) is 0 Å². The number of carbonyl (C=O) groups excluding carboxylic acids is 2. The minimum absolute atomic E-state index is 0.166. The third-order valence-electron chi connectivity index (χ3n) is 5.11. The van der Waals surface area contributed by atoms with E-state index in [2.05, 4.69) is 18.2 Å². The highest BCUT2D eigenvalue weighted by molar-refractivity contribution is 5.81. The van der Waals surface area contributed by atoms with Gasteiger partial charge in [0.25, 0.3) is 0 Å². The van der Waals surface area contributed by atoms with Crippen LogP contribution in [0.2, 0.25) is 0 Å². The molecule has 1 saturated carbocycles. The van der Waals surface area contributed by atoms with Gasteiger partial charge in [0.1, 0.15) is 5.78 Å². The molecule has 20 heavy (non-hydrogen) atoms. The van der Waals surface area contributed by atoms with Crippen LogP contribution in [-0.2, 0) is 26.2 Å². The Labute approximate surface area is 119 Å². The van der Waals surface area contributed by atoms with Crippen molar-refractivity contribution >= 4 is 11.8 Å². The maximum atomic E-state index is 11.9. The molecule has 0 bridgehead atoms. The van der Waals surface area contributed by atoms with Crippen molar-refractivity contribution in [1.29, 1.82) is 0 Å². The van der Waals surface area contributed by atoms with E-state index in [4.69, 9.17) is 4.74 Å². The average Bonchev–Trinajstić information content (AvgIpc) is 2.48. The molecule has 0 spiro atoms. The largest absolute Gasteiger partial charge is 0.469 e. The smallest absolute Gasteiger partial charge is 0.306 e. The van der Waals surface area contributed by atoms with Crippen molar-refractivity contribution in [2.75, 3.05) is 7.11 Å². The Balaban J connectivity index is 2.06. The second-order valence-corrected chi connectivity index (χ2v) is 6.04. The zero-order valence-corrected chi connectivity index (χ0v) is 11.9. The normalized spacial score (nSPS) is 28.4. The van der Waals surface area contributed by atoms with Crippen molar-refractivity contribution in [1.82, 2.24) is 0 Å². The Hall–Kier alpha value is -1.64. The first kappa shape index (κ1) is 13.3. The maximum Gasteiger partial charge on any atom is 0.306 e. The third-order valence-corrected chi connectivity index (χ3v) is 5.11. The number of methoxy groups -OCH3 is 1. The first-order chi connectivity index (χ1) is 9.65. The number of carbonyl (C=O) groups is 2. The van der Waals surface area contributed by atoms with Gasteiger partial charge in [0.05, 0.1) is 13.5 Å². The van der Waals surface area contributed by atoms with Gasteiger partial charge in [-0.3, -0.25) is 9.59 Å². The molecule has 0 N–H and O–H groups in total. The fourth-order valence-corrected chi connectivity index (χ4v) is 4.08. The summed E-state index contributed by atoms with van der Waals surface area (Å²) in [5, 5.41) is 0. The number of aryl methyl sites for hydroxylation is 1. The molecular weight excluding hydrogens is 252 g/mol. The van der Waals surface area contributed by atoms with E-state index in [1.807, 2.05) is 6.07 Å². The molecular formula is C17H20O3. The molecule has 2 aliphatic carbocycles. The van der Waals surface area contributed by atoms with E-state index >= 15 is 0 Å². The number of rotatable bonds is 2. The number of esters is 1. The summed E-state index contributed by atoms with van der Waals surface area (Å²) in [5.41, 5.74) is 2.42. The minimum Gasteiger partial charge on any atom is -0.469 e. The van der Waals surface area contributed by atoms with E-state index in [9.17, 15) is 9.59 Å². The standard InChI is InChI=1S/C17H20O3/c1-20-16(19)11-17-9-8-14(18)10-13(17)7-6-12-4-2-3-5-15(12)17/h2-5,13H,6-11H2,1H3/t13-,17-/m1/s1. The molecule has 0 aliphatic heterocycles. The van der Waals surface area contributed by atoms with Crippen molar-refractivity contribution in [2.24, 2.45) is 5.92 Å². The molecule has 0 amide bonds. The van der Waals surface area contributed by atoms with Gasteiger partial charge in [-0.15, -0.1) is 0 Å². The highest BCUT2D eigenvalue weighted by atomic mass is 16.5. The van der Waals surface area contributed by atoms with Gasteiger partial charge >= 0.3 is 5.97 Å². The Bertz CT molecular complexity index is 549. The number of ketones is 1. The van der Waals surface area contributed by atoms with Crippen molar-refractivity contribution in [3.05, 3.63) is 35.4 Å². The van der Waals surface area contributed by atoms with Gasteiger partial charge in [-0.1, -0.05) is 24.3 Å². The van der Waals surface area contributed by atoms with Crippen LogP contribution in [-0.4, -0.2) is 18.9 Å². The summed E-state index contributed by atoms with van der Waals surface area (Å²) in [5.74, 6) is 0.466. The Morgan fingerprint density at radius 3 is 2.95 bits per heavy atom. The number of hydrogen-bond acceptors (Lipinski definition) is 3. The molecule has 1 fully saturated rings. The monoisotopic (exact) mass is 272 g/mol.